The fraction of sp³-hybridized carbons (Fsp3) is 0.923. The summed E-state index contributed by atoms with van der Waals surface area (Å²) in [5.41, 5.74) is 0.997. The molecule has 16 heavy (non-hydrogen) atoms. The molecule has 2 atom stereocenters. The Kier molecular flexibility index (Phi) is 12.8. The molecule has 0 saturated carbocycles. The van der Waals surface area contributed by atoms with Gasteiger partial charge in [0.15, 0.2) is 0 Å². The maximum atomic E-state index is 9.05. The minimum absolute atomic E-state index is 0. The van der Waals surface area contributed by atoms with Crippen LogP contribution in [-0.2, 0) is 0 Å². The van der Waals surface area contributed by atoms with Gasteiger partial charge in [-0.3, -0.25) is 0 Å². The number of hydrogen-bond donors (Lipinski definition) is 1. The summed E-state index contributed by atoms with van der Waals surface area (Å²) < 4.78 is 0. The Morgan fingerprint density at radius 3 is 1.62 bits per heavy atom. The zero-order chi connectivity index (χ0) is 11.7. The number of hydrogen-bond acceptors (Lipinski definition) is 2. The van der Waals surface area contributed by atoms with Crippen LogP contribution in [0.4, 0.5) is 0 Å². The smallest absolute Gasteiger partial charge is 0.0626 e. The van der Waals surface area contributed by atoms with Crippen molar-refractivity contribution in [2.24, 2.45) is 17.0 Å². The van der Waals surface area contributed by atoms with E-state index in [4.69, 9.17) is 5.21 Å². The Hall–Kier alpha value is -0.240. The molecule has 0 bridgehead atoms. The van der Waals surface area contributed by atoms with E-state index in [1.165, 1.54) is 25.7 Å². The molecule has 0 aliphatic heterocycles. The molecule has 0 amide bonds. The van der Waals surface area contributed by atoms with E-state index in [9.17, 15) is 0 Å². The van der Waals surface area contributed by atoms with E-state index < -0.39 is 0 Å². The lowest BCUT2D eigenvalue weighted by molar-refractivity contribution is 0.308. The van der Waals surface area contributed by atoms with E-state index in [1.54, 1.807) is 0 Å². The van der Waals surface area contributed by atoms with Crippen LogP contribution >= 0.6 is 12.4 Å². The highest BCUT2D eigenvalue weighted by molar-refractivity contribution is 5.87. The first kappa shape index (κ1) is 18.1. The second-order valence-electron chi connectivity index (χ2n) is 4.61. The van der Waals surface area contributed by atoms with E-state index in [-0.39, 0.29) is 12.4 Å². The molecule has 0 aromatic heterocycles. The van der Waals surface area contributed by atoms with Crippen LogP contribution in [0.2, 0.25) is 0 Å². The summed E-state index contributed by atoms with van der Waals surface area (Å²) in [5, 5.41) is 12.6. The molecule has 3 heteroatoms. The topological polar surface area (TPSA) is 32.6 Å². The van der Waals surface area contributed by atoms with Gasteiger partial charge in [0.2, 0.25) is 0 Å². The molecule has 0 fully saturated rings. The van der Waals surface area contributed by atoms with Crippen molar-refractivity contribution >= 4 is 18.1 Å². The summed E-state index contributed by atoms with van der Waals surface area (Å²) in [6, 6.07) is 0. The van der Waals surface area contributed by atoms with Gasteiger partial charge in [-0.15, -0.1) is 12.4 Å². The third kappa shape index (κ3) is 7.10. The van der Waals surface area contributed by atoms with Gasteiger partial charge < -0.3 is 5.21 Å². The molecular formula is C13H28ClNO. The highest BCUT2D eigenvalue weighted by atomic mass is 35.5. The number of unbranched alkanes of at least 4 members (excludes halogenated alkanes) is 2. The van der Waals surface area contributed by atoms with Crippen LogP contribution in [-0.4, -0.2) is 10.9 Å². The third-order valence-electron chi connectivity index (χ3n) is 3.11. The van der Waals surface area contributed by atoms with Gasteiger partial charge in [-0.25, -0.2) is 0 Å². The Morgan fingerprint density at radius 1 is 1.00 bits per heavy atom. The summed E-state index contributed by atoms with van der Waals surface area (Å²) in [7, 11) is 0. The second-order valence-corrected chi connectivity index (χ2v) is 4.61. The molecule has 0 radical (unpaired) electrons. The number of oxime groups is 1. The lowest BCUT2D eigenvalue weighted by Gasteiger charge is -2.18. The predicted octanol–water partition coefficient (Wildman–Crippen LogP) is 4.89. The molecule has 0 saturated heterocycles. The van der Waals surface area contributed by atoms with Gasteiger partial charge in [0.05, 0.1) is 5.71 Å². The minimum Gasteiger partial charge on any atom is -0.411 e. The van der Waals surface area contributed by atoms with Crippen molar-refractivity contribution in [1.29, 1.82) is 0 Å². The molecule has 1 N–H and O–H groups in total. The van der Waals surface area contributed by atoms with E-state index >= 15 is 0 Å². The molecule has 0 heterocycles. The quantitative estimate of drug-likeness (QED) is 0.371. The van der Waals surface area contributed by atoms with E-state index in [1.807, 2.05) is 0 Å². The molecule has 0 rings (SSSR count). The van der Waals surface area contributed by atoms with Crippen molar-refractivity contribution in [1.82, 2.24) is 0 Å². The zero-order valence-corrected chi connectivity index (χ0v) is 12.0. The molecule has 0 aliphatic rings. The first-order valence-corrected chi connectivity index (χ1v) is 6.39. The second kappa shape index (κ2) is 11.3. The van der Waals surface area contributed by atoms with Crippen LogP contribution in [0.3, 0.4) is 0 Å². The van der Waals surface area contributed by atoms with Crippen LogP contribution in [0.15, 0.2) is 5.16 Å². The maximum absolute atomic E-state index is 9.05. The van der Waals surface area contributed by atoms with Crippen LogP contribution in [0.1, 0.15) is 66.2 Å². The van der Waals surface area contributed by atoms with Gasteiger partial charge >= 0.3 is 0 Å². The Morgan fingerprint density at radius 2 is 1.38 bits per heavy atom. The van der Waals surface area contributed by atoms with Gasteiger partial charge in [-0.2, -0.15) is 0 Å². The normalized spacial score (nSPS) is 13.8. The highest BCUT2D eigenvalue weighted by Gasteiger charge is 2.17. The Balaban J connectivity index is 0. The van der Waals surface area contributed by atoms with Crippen LogP contribution < -0.4 is 0 Å². The molecule has 0 aromatic rings. The summed E-state index contributed by atoms with van der Waals surface area (Å²) in [5.74, 6) is 0.864. The number of halogens is 1. The van der Waals surface area contributed by atoms with Crippen LogP contribution in [0.5, 0.6) is 0 Å². The molecule has 2 unspecified atom stereocenters. The maximum Gasteiger partial charge on any atom is 0.0626 e. The average Bonchev–Trinajstić information content (AvgIpc) is 2.24. The van der Waals surface area contributed by atoms with Gasteiger partial charge in [0, 0.05) is 0 Å². The van der Waals surface area contributed by atoms with Crippen molar-refractivity contribution in [3.8, 4) is 0 Å². The SMILES string of the molecule is CCCCC(C)C(=NO)C(C)CCCC.Cl. The molecule has 2 nitrogen and oxygen atoms in total. The van der Waals surface area contributed by atoms with Crippen molar-refractivity contribution < 1.29 is 5.21 Å². The lowest BCUT2D eigenvalue weighted by Crippen LogP contribution is -2.20. The molecule has 0 aromatic carbocycles. The summed E-state index contributed by atoms with van der Waals surface area (Å²) in [6.07, 6.45) is 7.17. The van der Waals surface area contributed by atoms with Crippen molar-refractivity contribution in [2.45, 2.75) is 66.2 Å². The van der Waals surface area contributed by atoms with E-state index in [2.05, 4.69) is 32.9 Å². The standard InChI is InChI=1S/C13H27NO.ClH/c1-5-7-9-11(3)13(14-15)12(4)10-8-6-2;/h11-12,15H,5-10H2,1-4H3;1H. The fourth-order valence-corrected chi connectivity index (χ4v) is 2.00. The van der Waals surface area contributed by atoms with E-state index in [0.29, 0.717) is 11.8 Å². The average molecular weight is 250 g/mol. The van der Waals surface area contributed by atoms with Crippen molar-refractivity contribution in [3.05, 3.63) is 0 Å². The minimum atomic E-state index is 0. The van der Waals surface area contributed by atoms with Crippen LogP contribution in [0.25, 0.3) is 0 Å². The summed E-state index contributed by atoms with van der Waals surface area (Å²) in [4.78, 5) is 0. The van der Waals surface area contributed by atoms with Gasteiger partial charge in [0.1, 0.15) is 0 Å². The predicted molar refractivity (Wildman–Crippen MR) is 73.8 cm³/mol. The molecular weight excluding hydrogens is 222 g/mol. The number of rotatable bonds is 8. The van der Waals surface area contributed by atoms with Gasteiger partial charge in [0.25, 0.3) is 0 Å². The van der Waals surface area contributed by atoms with E-state index in [0.717, 1.165) is 18.6 Å². The lowest BCUT2D eigenvalue weighted by atomic mass is 9.88. The first-order chi connectivity index (χ1) is 7.17. The highest BCUT2D eigenvalue weighted by Crippen LogP contribution is 2.19. The fourth-order valence-electron chi connectivity index (χ4n) is 2.00. The Bertz CT molecular complexity index is 167. The molecule has 0 spiro atoms. The first-order valence-electron chi connectivity index (χ1n) is 6.39. The Labute approximate surface area is 107 Å². The van der Waals surface area contributed by atoms with Gasteiger partial charge in [-0.1, -0.05) is 58.5 Å². The van der Waals surface area contributed by atoms with Crippen molar-refractivity contribution in [2.75, 3.05) is 0 Å². The van der Waals surface area contributed by atoms with Crippen molar-refractivity contribution in [3.63, 3.8) is 0 Å². The third-order valence-corrected chi connectivity index (χ3v) is 3.11. The van der Waals surface area contributed by atoms with Crippen LogP contribution in [0, 0.1) is 11.8 Å². The monoisotopic (exact) mass is 249 g/mol. The zero-order valence-electron chi connectivity index (χ0n) is 11.2. The molecule has 98 valence electrons. The summed E-state index contributed by atoms with van der Waals surface area (Å²) >= 11 is 0. The molecule has 0 aliphatic carbocycles. The summed E-state index contributed by atoms with van der Waals surface area (Å²) in [6.45, 7) is 8.74. The largest absolute Gasteiger partial charge is 0.411 e. The van der Waals surface area contributed by atoms with Gasteiger partial charge in [-0.05, 0) is 24.7 Å². The number of nitrogens with zero attached hydrogens (tertiary/aromatic N) is 1.